The van der Waals surface area contributed by atoms with Gasteiger partial charge in [-0.15, -0.1) is 0 Å². The molecular formula is C11H17N3O2. The quantitative estimate of drug-likeness (QED) is 0.740. The minimum Gasteiger partial charge on any atom is -0.497 e. The van der Waals surface area contributed by atoms with Crippen LogP contribution in [0.2, 0.25) is 0 Å². The average molecular weight is 223 g/mol. The van der Waals surface area contributed by atoms with E-state index in [0.29, 0.717) is 11.4 Å². The van der Waals surface area contributed by atoms with Gasteiger partial charge in [-0.3, -0.25) is 4.79 Å². The first-order valence-corrected chi connectivity index (χ1v) is 4.92. The summed E-state index contributed by atoms with van der Waals surface area (Å²) in [6.07, 6.45) is 0. The van der Waals surface area contributed by atoms with E-state index in [2.05, 4.69) is 5.32 Å². The summed E-state index contributed by atoms with van der Waals surface area (Å²) < 4.78 is 5.03. The minimum absolute atomic E-state index is 0.00443. The summed E-state index contributed by atoms with van der Waals surface area (Å²) in [5.74, 6) is 0.692. The van der Waals surface area contributed by atoms with E-state index in [1.54, 1.807) is 39.4 Å². The summed E-state index contributed by atoms with van der Waals surface area (Å²) in [6.45, 7) is 0.226. The van der Waals surface area contributed by atoms with Crippen LogP contribution in [0, 0.1) is 0 Å². The van der Waals surface area contributed by atoms with Gasteiger partial charge in [0.05, 0.1) is 25.0 Å². The van der Waals surface area contributed by atoms with E-state index in [4.69, 9.17) is 10.5 Å². The highest BCUT2D eigenvalue weighted by Crippen LogP contribution is 2.23. The van der Waals surface area contributed by atoms with E-state index in [-0.39, 0.29) is 12.5 Å². The van der Waals surface area contributed by atoms with E-state index in [1.807, 2.05) is 0 Å². The Morgan fingerprint density at radius 3 is 2.69 bits per heavy atom. The highest BCUT2D eigenvalue weighted by Gasteiger charge is 2.05. The van der Waals surface area contributed by atoms with Gasteiger partial charge in [-0.05, 0) is 12.1 Å². The highest BCUT2D eigenvalue weighted by atomic mass is 16.5. The molecule has 0 aliphatic rings. The van der Waals surface area contributed by atoms with Crippen LogP contribution >= 0.6 is 0 Å². The molecule has 0 heterocycles. The number of carbonyl (C=O) groups excluding carboxylic acids is 1. The Labute approximate surface area is 95.2 Å². The topological polar surface area (TPSA) is 67.6 Å². The lowest BCUT2D eigenvalue weighted by atomic mass is 10.2. The molecule has 88 valence electrons. The standard InChI is InChI=1S/C11H17N3O2/c1-14(2)11(15)7-13-10-5-4-8(16-3)6-9(10)12/h4-6,13H,7,12H2,1-3H3. The molecular weight excluding hydrogens is 206 g/mol. The van der Waals surface area contributed by atoms with Crippen LogP contribution in [0.1, 0.15) is 0 Å². The van der Waals surface area contributed by atoms with Crippen LogP contribution in [0.15, 0.2) is 18.2 Å². The van der Waals surface area contributed by atoms with Crippen molar-refractivity contribution in [3.63, 3.8) is 0 Å². The summed E-state index contributed by atoms with van der Waals surface area (Å²) in [6, 6.07) is 5.29. The summed E-state index contributed by atoms with van der Waals surface area (Å²) >= 11 is 0. The molecule has 0 aliphatic heterocycles. The third kappa shape index (κ3) is 3.05. The third-order valence-corrected chi connectivity index (χ3v) is 2.19. The number of rotatable bonds is 4. The lowest BCUT2D eigenvalue weighted by Crippen LogP contribution is -2.28. The van der Waals surface area contributed by atoms with E-state index >= 15 is 0 Å². The molecule has 5 nitrogen and oxygen atoms in total. The van der Waals surface area contributed by atoms with Crippen molar-refractivity contribution >= 4 is 17.3 Å². The molecule has 0 fully saturated rings. The first kappa shape index (κ1) is 12.2. The molecule has 0 saturated heterocycles. The second kappa shape index (κ2) is 5.25. The maximum Gasteiger partial charge on any atom is 0.241 e. The fourth-order valence-corrected chi connectivity index (χ4v) is 1.16. The molecule has 1 amide bonds. The molecule has 0 aliphatic carbocycles. The Bertz CT molecular complexity index is 377. The number of nitrogens with one attached hydrogen (secondary N) is 1. The van der Waals surface area contributed by atoms with Gasteiger partial charge >= 0.3 is 0 Å². The van der Waals surface area contributed by atoms with Crippen molar-refractivity contribution in [1.29, 1.82) is 0 Å². The Kier molecular flexibility index (Phi) is 3.99. The summed E-state index contributed by atoms with van der Waals surface area (Å²) in [4.78, 5) is 12.9. The van der Waals surface area contributed by atoms with Crippen LogP contribution in [-0.4, -0.2) is 38.6 Å². The molecule has 0 radical (unpaired) electrons. The molecule has 0 aromatic heterocycles. The Morgan fingerprint density at radius 1 is 1.50 bits per heavy atom. The number of nitrogens with two attached hydrogens (primary N) is 1. The molecule has 1 aromatic rings. The van der Waals surface area contributed by atoms with Gasteiger partial charge in [-0.2, -0.15) is 0 Å². The van der Waals surface area contributed by atoms with Gasteiger partial charge in [-0.1, -0.05) is 0 Å². The molecule has 0 saturated carbocycles. The first-order chi connectivity index (χ1) is 7.54. The fourth-order valence-electron chi connectivity index (χ4n) is 1.16. The largest absolute Gasteiger partial charge is 0.497 e. The smallest absolute Gasteiger partial charge is 0.241 e. The van der Waals surface area contributed by atoms with Crippen molar-refractivity contribution in [2.24, 2.45) is 0 Å². The van der Waals surface area contributed by atoms with Gasteiger partial charge < -0.3 is 20.7 Å². The highest BCUT2D eigenvalue weighted by molar-refractivity contribution is 5.82. The lowest BCUT2D eigenvalue weighted by molar-refractivity contribution is -0.126. The Morgan fingerprint density at radius 2 is 2.19 bits per heavy atom. The molecule has 5 heteroatoms. The van der Waals surface area contributed by atoms with Crippen molar-refractivity contribution in [3.8, 4) is 5.75 Å². The van der Waals surface area contributed by atoms with Crippen molar-refractivity contribution in [3.05, 3.63) is 18.2 Å². The van der Waals surface area contributed by atoms with Gasteiger partial charge in [0.25, 0.3) is 0 Å². The van der Waals surface area contributed by atoms with Crippen molar-refractivity contribution in [2.75, 3.05) is 38.8 Å². The molecule has 0 unspecified atom stereocenters. The fraction of sp³-hybridized carbons (Fsp3) is 0.364. The zero-order valence-corrected chi connectivity index (χ0v) is 9.78. The number of benzene rings is 1. The summed E-state index contributed by atoms with van der Waals surface area (Å²) in [7, 11) is 5.00. The maximum absolute atomic E-state index is 11.3. The van der Waals surface area contributed by atoms with Crippen molar-refractivity contribution in [1.82, 2.24) is 4.90 Å². The maximum atomic E-state index is 11.3. The number of amides is 1. The van der Waals surface area contributed by atoms with E-state index < -0.39 is 0 Å². The number of hydrogen-bond acceptors (Lipinski definition) is 4. The zero-order chi connectivity index (χ0) is 12.1. The number of hydrogen-bond donors (Lipinski definition) is 2. The van der Waals surface area contributed by atoms with Crippen molar-refractivity contribution < 1.29 is 9.53 Å². The lowest BCUT2D eigenvalue weighted by Gasteiger charge is -2.13. The Hall–Kier alpha value is -1.91. The summed E-state index contributed by atoms with van der Waals surface area (Å²) in [5.41, 5.74) is 7.09. The first-order valence-electron chi connectivity index (χ1n) is 4.92. The van der Waals surface area contributed by atoms with Crippen LogP contribution in [0.3, 0.4) is 0 Å². The predicted molar refractivity (Wildman–Crippen MR) is 64.6 cm³/mol. The van der Waals surface area contributed by atoms with Gasteiger partial charge in [-0.25, -0.2) is 0 Å². The number of likely N-dealkylation sites (N-methyl/N-ethyl adjacent to an activating group) is 1. The van der Waals surface area contributed by atoms with Gasteiger partial charge in [0.1, 0.15) is 5.75 Å². The third-order valence-electron chi connectivity index (χ3n) is 2.19. The number of methoxy groups -OCH3 is 1. The van der Waals surface area contributed by atoms with E-state index in [0.717, 1.165) is 5.69 Å². The summed E-state index contributed by atoms with van der Waals surface area (Å²) in [5, 5.41) is 2.97. The molecule has 1 rings (SSSR count). The second-order valence-electron chi connectivity index (χ2n) is 3.59. The van der Waals surface area contributed by atoms with Crippen LogP contribution in [0.5, 0.6) is 5.75 Å². The van der Waals surface area contributed by atoms with Crippen LogP contribution in [0.25, 0.3) is 0 Å². The van der Waals surface area contributed by atoms with Crippen molar-refractivity contribution in [2.45, 2.75) is 0 Å². The number of nitrogens with zero attached hydrogens (tertiary/aromatic N) is 1. The second-order valence-corrected chi connectivity index (χ2v) is 3.59. The number of carbonyl (C=O) groups is 1. The van der Waals surface area contributed by atoms with Crippen LogP contribution < -0.4 is 15.8 Å². The predicted octanol–water partition coefficient (Wildman–Crippen LogP) is 0.777. The van der Waals surface area contributed by atoms with E-state index in [1.165, 1.54) is 4.90 Å². The molecule has 16 heavy (non-hydrogen) atoms. The molecule has 0 bridgehead atoms. The number of nitrogen functional groups attached to an aromatic ring is 1. The number of ether oxygens (including phenoxy) is 1. The molecule has 3 N–H and O–H groups in total. The van der Waals surface area contributed by atoms with Gasteiger partial charge in [0.2, 0.25) is 5.91 Å². The zero-order valence-electron chi connectivity index (χ0n) is 9.78. The van der Waals surface area contributed by atoms with Crippen LogP contribution in [0.4, 0.5) is 11.4 Å². The SMILES string of the molecule is COc1ccc(NCC(=O)N(C)C)c(N)c1. The van der Waals surface area contributed by atoms with Crippen LogP contribution in [-0.2, 0) is 4.79 Å². The monoisotopic (exact) mass is 223 g/mol. The molecule has 1 aromatic carbocycles. The average Bonchev–Trinajstić information content (AvgIpc) is 2.26. The van der Waals surface area contributed by atoms with E-state index in [9.17, 15) is 4.79 Å². The normalized spacial score (nSPS) is 9.69. The number of anilines is 2. The Balaban J connectivity index is 2.64. The van der Waals surface area contributed by atoms with Gasteiger partial charge in [0, 0.05) is 20.2 Å². The molecule has 0 spiro atoms. The van der Waals surface area contributed by atoms with Gasteiger partial charge in [0.15, 0.2) is 0 Å². The minimum atomic E-state index is -0.00443. The molecule has 0 atom stereocenters.